The number of pyridine rings is 1. The Balaban J connectivity index is 1.35. The maximum Gasteiger partial charge on any atom is 0.253 e. The fourth-order valence-corrected chi connectivity index (χ4v) is 3.44. The van der Waals surface area contributed by atoms with Crippen molar-refractivity contribution < 1.29 is 0 Å². The van der Waals surface area contributed by atoms with E-state index in [0.717, 1.165) is 56.8 Å². The predicted molar refractivity (Wildman–Crippen MR) is 94.4 cm³/mol. The first-order valence-corrected chi connectivity index (χ1v) is 8.90. The molecule has 25 heavy (non-hydrogen) atoms. The lowest BCUT2D eigenvalue weighted by Gasteiger charge is -2.33. The minimum absolute atomic E-state index is 0.0769. The monoisotopic (exact) mass is 335 g/mol. The van der Waals surface area contributed by atoms with Crippen molar-refractivity contribution in [3.05, 3.63) is 52.3 Å². The molecule has 2 aliphatic rings. The Labute approximate surface area is 146 Å². The number of hydrogen-bond donors (Lipinski definition) is 0. The fourth-order valence-electron chi connectivity index (χ4n) is 3.44. The van der Waals surface area contributed by atoms with Crippen LogP contribution in [0.5, 0.6) is 0 Å². The molecule has 6 nitrogen and oxygen atoms in total. The molecule has 0 bridgehead atoms. The molecular weight excluding hydrogens is 314 g/mol. The van der Waals surface area contributed by atoms with Crippen molar-refractivity contribution in [2.45, 2.75) is 38.1 Å². The molecule has 2 aromatic rings. The van der Waals surface area contributed by atoms with Crippen LogP contribution in [0.3, 0.4) is 0 Å². The molecule has 2 aromatic heterocycles. The lowest BCUT2D eigenvalue weighted by atomic mass is 9.96. The molecule has 0 radical (unpaired) electrons. The van der Waals surface area contributed by atoms with Crippen molar-refractivity contribution in [3.8, 4) is 6.07 Å². The second kappa shape index (κ2) is 6.67. The van der Waals surface area contributed by atoms with Gasteiger partial charge in [0.25, 0.3) is 5.56 Å². The Morgan fingerprint density at radius 1 is 1.16 bits per heavy atom. The van der Waals surface area contributed by atoms with E-state index in [0.29, 0.717) is 17.4 Å². The first-order valence-electron chi connectivity index (χ1n) is 8.90. The normalized spacial score (nSPS) is 18.1. The summed E-state index contributed by atoms with van der Waals surface area (Å²) in [7, 11) is 0. The highest BCUT2D eigenvalue weighted by molar-refractivity contribution is 5.42. The second-order valence-corrected chi connectivity index (χ2v) is 7.03. The molecule has 0 N–H and O–H groups in total. The van der Waals surface area contributed by atoms with E-state index >= 15 is 0 Å². The highest BCUT2D eigenvalue weighted by Crippen LogP contribution is 2.38. The van der Waals surface area contributed by atoms with Gasteiger partial charge in [0.15, 0.2) is 0 Å². The lowest BCUT2D eigenvalue weighted by molar-refractivity contribution is 0.350. The zero-order valence-electron chi connectivity index (χ0n) is 14.1. The van der Waals surface area contributed by atoms with Crippen molar-refractivity contribution >= 4 is 5.82 Å². The van der Waals surface area contributed by atoms with Crippen molar-refractivity contribution in [2.75, 3.05) is 18.0 Å². The van der Waals surface area contributed by atoms with Gasteiger partial charge in [-0.25, -0.2) is 9.97 Å². The van der Waals surface area contributed by atoms with Gasteiger partial charge in [0.05, 0.1) is 17.6 Å². The molecule has 0 atom stereocenters. The molecule has 6 heteroatoms. The molecule has 3 heterocycles. The van der Waals surface area contributed by atoms with E-state index in [9.17, 15) is 4.79 Å². The predicted octanol–water partition coefficient (Wildman–Crippen LogP) is 2.30. The standard InChI is InChI=1S/C19H21N5O/c20-10-15-1-4-18(21-11-15)23-7-5-14(6-8-23)12-24-13-22-17(9-19(24)25)16-2-3-16/h1,4,9,11,13-14,16H,2-3,5-8,12H2. The van der Waals surface area contributed by atoms with Crippen LogP contribution in [0.25, 0.3) is 0 Å². The van der Waals surface area contributed by atoms with Gasteiger partial charge in [0.1, 0.15) is 11.9 Å². The van der Waals surface area contributed by atoms with E-state index in [2.05, 4.69) is 20.9 Å². The lowest BCUT2D eigenvalue weighted by Crippen LogP contribution is -2.36. The van der Waals surface area contributed by atoms with Gasteiger partial charge in [-0.3, -0.25) is 9.36 Å². The minimum Gasteiger partial charge on any atom is -0.357 e. The molecule has 0 unspecified atom stereocenters. The molecule has 1 aliphatic heterocycles. The third-order valence-corrected chi connectivity index (χ3v) is 5.17. The van der Waals surface area contributed by atoms with Gasteiger partial charge >= 0.3 is 0 Å². The SMILES string of the molecule is N#Cc1ccc(N2CCC(Cn3cnc(C4CC4)cc3=O)CC2)nc1. The topological polar surface area (TPSA) is 74.8 Å². The quantitative estimate of drug-likeness (QED) is 0.857. The second-order valence-electron chi connectivity index (χ2n) is 7.03. The summed E-state index contributed by atoms with van der Waals surface area (Å²) in [6.07, 6.45) is 7.73. The van der Waals surface area contributed by atoms with Gasteiger partial charge < -0.3 is 4.90 Å². The minimum atomic E-state index is 0.0769. The van der Waals surface area contributed by atoms with Crippen LogP contribution in [-0.2, 0) is 6.54 Å². The van der Waals surface area contributed by atoms with Crippen molar-refractivity contribution in [1.82, 2.24) is 14.5 Å². The van der Waals surface area contributed by atoms with E-state index < -0.39 is 0 Å². The first-order chi connectivity index (χ1) is 12.2. The van der Waals surface area contributed by atoms with Gasteiger partial charge in [-0.2, -0.15) is 5.26 Å². The Morgan fingerprint density at radius 3 is 2.56 bits per heavy atom. The molecule has 2 fully saturated rings. The van der Waals surface area contributed by atoms with Crippen LogP contribution in [0, 0.1) is 17.2 Å². The Morgan fingerprint density at radius 2 is 1.96 bits per heavy atom. The summed E-state index contributed by atoms with van der Waals surface area (Å²) in [6.45, 7) is 2.59. The molecule has 0 aromatic carbocycles. The maximum absolute atomic E-state index is 12.3. The summed E-state index contributed by atoms with van der Waals surface area (Å²) in [5.74, 6) is 1.93. The van der Waals surface area contributed by atoms with Gasteiger partial charge in [0, 0.05) is 37.8 Å². The molecule has 0 amide bonds. The van der Waals surface area contributed by atoms with Crippen LogP contribution < -0.4 is 10.5 Å². The summed E-state index contributed by atoms with van der Waals surface area (Å²) in [4.78, 5) is 23.3. The van der Waals surface area contributed by atoms with Gasteiger partial charge in [-0.15, -0.1) is 0 Å². The molecular formula is C19H21N5O. The average molecular weight is 335 g/mol. The Bertz CT molecular complexity index is 839. The van der Waals surface area contributed by atoms with E-state index in [1.54, 1.807) is 29.2 Å². The van der Waals surface area contributed by atoms with E-state index in [1.807, 2.05) is 6.07 Å². The largest absolute Gasteiger partial charge is 0.357 e. The Kier molecular flexibility index (Phi) is 4.22. The highest BCUT2D eigenvalue weighted by atomic mass is 16.1. The fraction of sp³-hybridized carbons (Fsp3) is 0.474. The van der Waals surface area contributed by atoms with Crippen molar-refractivity contribution in [2.24, 2.45) is 5.92 Å². The third kappa shape index (κ3) is 3.55. The number of nitriles is 1. The summed E-state index contributed by atoms with van der Waals surface area (Å²) in [5, 5.41) is 8.85. The van der Waals surface area contributed by atoms with Crippen LogP contribution in [0.4, 0.5) is 5.82 Å². The van der Waals surface area contributed by atoms with E-state index in [-0.39, 0.29) is 5.56 Å². The summed E-state index contributed by atoms with van der Waals surface area (Å²) < 4.78 is 1.76. The number of aromatic nitrogens is 3. The molecule has 0 spiro atoms. The van der Waals surface area contributed by atoms with Crippen LogP contribution in [0.15, 0.2) is 35.5 Å². The number of hydrogen-bond acceptors (Lipinski definition) is 5. The molecule has 128 valence electrons. The zero-order valence-corrected chi connectivity index (χ0v) is 14.1. The van der Waals surface area contributed by atoms with E-state index in [1.165, 1.54) is 0 Å². The molecule has 1 saturated carbocycles. The summed E-state index contributed by atoms with van der Waals surface area (Å²) in [6, 6.07) is 7.52. The number of anilines is 1. The average Bonchev–Trinajstić information content (AvgIpc) is 3.49. The number of nitrogens with zero attached hydrogens (tertiary/aromatic N) is 5. The molecule has 4 rings (SSSR count). The van der Waals surface area contributed by atoms with Crippen molar-refractivity contribution in [1.29, 1.82) is 5.26 Å². The van der Waals surface area contributed by atoms with Crippen LogP contribution >= 0.6 is 0 Å². The molecule has 1 saturated heterocycles. The third-order valence-electron chi connectivity index (χ3n) is 5.17. The maximum atomic E-state index is 12.3. The smallest absolute Gasteiger partial charge is 0.253 e. The molecule has 1 aliphatic carbocycles. The highest BCUT2D eigenvalue weighted by Gasteiger charge is 2.26. The number of rotatable bonds is 4. The van der Waals surface area contributed by atoms with Gasteiger partial charge in [-0.1, -0.05) is 0 Å². The van der Waals surface area contributed by atoms with Crippen LogP contribution in [0.1, 0.15) is 42.9 Å². The van der Waals surface area contributed by atoms with E-state index in [4.69, 9.17) is 5.26 Å². The Hall–Kier alpha value is -2.68. The van der Waals surface area contributed by atoms with Crippen LogP contribution in [-0.4, -0.2) is 27.6 Å². The van der Waals surface area contributed by atoms with Gasteiger partial charge in [-0.05, 0) is 43.7 Å². The zero-order chi connectivity index (χ0) is 17.2. The van der Waals surface area contributed by atoms with Gasteiger partial charge in [0.2, 0.25) is 0 Å². The summed E-state index contributed by atoms with van der Waals surface area (Å²) >= 11 is 0. The number of piperidine rings is 1. The summed E-state index contributed by atoms with van der Waals surface area (Å²) in [5.41, 5.74) is 1.62. The van der Waals surface area contributed by atoms with Crippen LogP contribution in [0.2, 0.25) is 0 Å². The van der Waals surface area contributed by atoms with Crippen molar-refractivity contribution in [3.63, 3.8) is 0 Å². The first kappa shape index (κ1) is 15.8.